The van der Waals surface area contributed by atoms with Gasteiger partial charge in [0.25, 0.3) is 0 Å². The second-order valence-electron chi connectivity index (χ2n) is 5.96. The number of ether oxygens (including phenoxy) is 1. The zero-order valence-electron chi connectivity index (χ0n) is 13.1. The first-order valence-electron chi connectivity index (χ1n) is 7.05. The average molecular weight is 320 g/mol. The van der Waals surface area contributed by atoms with E-state index >= 15 is 0 Å². The number of benzene rings is 2. The van der Waals surface area contributed by atoms with Crippen LogP contribution >= 0.6 is 0 Å². The lowest BCUT2D eigenvalue weighted by Gasteiger charge is -2.19. The number of nitrogens with one attached hydrogen (secondary N) is 2. The van der Waals surface area contributed by atoms with Crippen LogP contribution in [0, 0.1) is 11.6 Å². The van der Waals surface area contributed by atoms with E-state index in [-0.39, 0.29) is 0 Å². The molecular weight excluding hydrogens is 302 g/mol. The molecule has 2 aromatic rings. The predicted octanol–water partition coefficient (Wildman–Crippen LogP) is 5.06. The molecule has 2 N–H and O–H groups in total. The number of anilines is 3. The topological polar surface area (TPSA) is 50.4 Å². The predicted molar refractivity (Wildman–Crippen MR) is 85.9 cm³/mol. The van der Waals surface area contributed by atoms with Gasteiger partial charge in [-0.2, -0.15) is 0 Å². The largest absolute Gasteiger partial charge is 0.444 e. The lowest BCUT2D eigenvalue weighted by molar-refractivity contribution is 0.0636. The molecule has 0 heterocycles. The number of halogens is 2. The maximum atomic E-state index is 13.1. The van der Waals surface area contributed by atoms with Crippen molar-refractivity contribution in [2.24, 2.45) is 0 Å². The van der Waals surface area contributed by atoms with Gasteiger partial charge in [0.15, 0.2) is 11.6 Å². The van der Waals surface area contributed by atoms with Gasteiger partial charge in [0.1, 0.15) is 5.60 Å². The van der Waals surface area contributed by atoms with Crippen LogP contribution in [0.2, 0.25) is 0 Å². The van der Waals surface area contributed by atoms with E-state index in [1.54, 1.807) is 45.0 Å². The van der Waals surface area contributed by atoms with E-state index in [1.165, 1.54) is 6.07 Å². The molecule has 0 aliphatic heterocycles. The van der Waals surface area contributed by atoms with Gasteiger partial charge in [0.2, 0.25) is 0 Å². The maximum absolute atomic E-state index is 13.1. The molecule has 2 aromatic carbocycles. The van der Waals surface area contributed by atoms with E-state index in [1.807, 2.05) is 0 Å². The van der Waals surface area contributed by atoms with E-state index in [2.05, 4.69) is 10.6 Å². The second kappa shape index (κ2) is 6.64. The van der Waals surface area contributed by atoms with E-state index in [4.69, 9.17) is 4.74 Å². The summed E-state index contributed by atoms with van der Waals surface area (Å²) in [6.45, 7) is 5.34. The summed E-state index contributed by atoms with van der Waals surface area (Å²) in [6, 6.07) is 10.3. The van der Waals surface area contributed by atoms with Crippen LogP contribution in [0.4, 0.5) is 30.6 Å². The van der Waals surface area contributed by atoms with Crippen LogP contribution in [0.25, 0.3) is 0 Å². The molecule has 4 nitrogen and oxygen atoms in total. The first-order valence-corrected chi connectivity index (χ1v) is 7.05. The van der Waals surface area contributed by atoms with Gasteiger partial charge in [-0.3, -0.25) is 5.32 Å². The van der Waals surface area contributed by atoms with Crippen LogP contribution in [-0.2, 0) is 4.74 Å². The smallest absolute Gasteiger partial charge is 0.412 e. The number of carbonyl (C=O) groups is 1. The van der Waals surface area contributed by atoms with E-state index in [0.29, 0.717) is 17.1 Å². The van der Waals surface area contributed by atoms with Crippen LogP contribution in [0.5, 0.6) is 0 Å². The van der Waals surface area contributed by atoms with Crippen molar-refractivity contribution in [2.75, 3.05) is 10.6 Å². The Labute approximate surface area is 133 Å². The fraction of sp³-hybridized carbons (Fsp3) is 0.235. The fourth-order valence-electron chi connectivity index (χ4n) is 1.80. The Morgan fingerprint density at radius 2 is 1.48 bits per heavy atom. The van der Waals surface area contributed by atoms with Crippen molar-refractivity contribution < 1.29 is 18.3 Å². The lowest BCUT2D eigenvalue weighted by atomic mass is 10.2. The Kier molecular flexibility index (Phi) is 4.83. The summed E-state index contributed by atoms with van der Waals surface area (Å²) in [5, 5.41) is 5.55. The molecule has 0 spiro atoms. The summed E-state index contributed by atoms with van der Waals surface area (Å²) in [4.78, 5) is 11.6. The minimum absolute atomic E-state index is 0.428. The number of hydrogen-bond acceptors (Lipinski definition) is 3. The van der Waals surface area contributed by atoms with E-state index < -0.39 is 23.3 Å². The summed E-state index contributed by atoms with van der Waals surface area (Å²) in [7, 11) is 0. The highest BCUT2D eigenvalue weighted by atomic mass is 19.2. The van der Waals surface area contributed by atoms with Crippen molar-refractivity contribution in [2.45, 2.75) is 26.4 Å². The minimum atomic E-state index is -0.918. The SMILES string of the molecule is CC(C)(C)OC(=O)Nc1ccc(Nc2ccc(F)c(F)c2)cc1. The first-order chi connectivity index (χ1) is 10.7. The normalized spacial score (nSPS) is 11.0. The van der Waals surface area contributed by atoms with Crippen LogP contribution in [0.15, 0.2) is 42.5 Å². The van der Waals surface area contributed by atoms with Gasteiger partial charge in [-0.25, -0.2) is 13.6 Å². The summed E-state index contributed by atoms with van der Waals surface area (Å²) in [5.74, 6) is -1.81. The summed E-state index contributed by atoms with van der Waals surface area (Å²) in [6.07, 6.45) is -0.543. The third kappa shape index (κ3) is 5.25. The highest BCUT2D eigenvalue weighted by Gasteiger charge is 2.16. The first kappa shape index (κ1) is 16.7. The van der Waals surface area contributed by atoms with Gasteiger partial charge in [-0.1, -0.05) is 0 Å². The molecular formula is C17H18F2N2O2. The highest BCUT2D eigenvalue weighted by Crippen LogP contribution is 2.21. The Balaban J connectivity index is 1.99. The number of amides is 1. The standard InChI is InChI=1S/C17H18F2N2O2/c1-17(2,3)23-16(22)21-12-6-4-11(5-7-12)20-13-8-9-14(18)15(19)10-13/h4-10,20H,1-3H3,(H,21,22). The van der Waals surface area contributed by atoms with Crippen molar-refractivity contribution in [3.05, 3.63) is 54.1 Å². The van der Waals surface area contributed by atoms with Crippen molar-refractivity contribution in [1.82, 2.24) is 0 Å². The third-order valence-electron chi connectivity index (χ3n) is 2.74. The molecule has 6 heteroatoms. The molecule has 122 valence electrons. The molecule has 0 unspecified atom stereocenters. The molecule has 0 aromatic heterocycles. The van der Waals surface area contributed by atoms with Crippen LogP contribution < -0.4 is 10.6 Å². The van der Waals surface area contributed by atoms with Crippen LogP contribution in [0.1, 0.15) is 20.8 Å². The summed E-state index contributed by atoms with van der Waals surface area (Å²) in [5.41, 5.74) is 1.09. The van der Waals surface area contributed by atoms with Gasteiger partial charge in [-0.05, 0) is 57.2 Å². The quantitative estimate of drug-likeness (QED) is 0.831. The molecule has 0 radical (unpaired) electrons. The molecule has 1 amide bonds. The fourth-order valence-corrected chi connectivity index (χ4v) is 1.80. The Morgan fingerprint density at radius 1 is 0.913 bits per heavy atom. The summed E-state index contributed by atoms with van der Waals surface area (Å²) < 4.78 is 31.2. The van der Waals surface area contributed by atoms with E-state index in [0.717, 1.165) is 12.1 Å². The van der Waals surface area contributed by atoms with Crippen LogP contribution in [0.3, 0.4) is 0 Å². The highest BCUT2D eigenvalue weighted by molar-refractivity contribution is 5.85. The van der Waals surface area contributed by atoms with Crippen molar-refractivity contribution in [3.8, 4) is 0 Å². The van der Waals surface area contributed by atoms with Gasteiger partial charge in [-0.15, -0.1) is 0 Å². The molecule has 0 saturated heterocycles. The molecule has 0 aliphatic carbocycles. The molecule has 0 atom stereocenters. The zero-order valence-corrected chi connectivity index (χ0v) is 13.1. The number of rotatable bonds is 3. The number of hydrogen-bond donors (Lipinski definition) is 2. The van der Waals surface area contributed by atoms with Gasteiger partial charge >= 0.3 is 6.09 Å². The maximum Gasteiger partial charge on any atom is 0.412 e. The van der Waals surface area contributed by atoms with E-state index in [9.17, 15) is 13.6 Å². The molecule has 23 heavy (non-hydrogen) atoms. The second-order valence-corrected chi connectivity index (χ2v) is 5.96. The zero-order chi connectivity index (χ0) is 17.0. The molecule has 0 saturated carbocycles. The molecule has 0 fully saturated rings. The third-order valence-corrected chi connectivity index (χ3v) is 2.74. The average Bonchev–Trinajstić information content (AvgIpc) is 2.43. The van der Waals surface area contributed by atoms with Crippen molar-refractivity contribution in [1.29, 1.82) is 0 Å². The lowest BCUT2D eigenvalue weighted by Crippen LogP contribution is -2.27. The van der Waals surface area contributed by atoms with Gasteiger partial charge < -0.3 is 10.1 Å². The minimum Gasteiger partial charge on any atom is -0.444 e. The van der Waals surface area contributed by atoms with Gasteiger partial charge in [0.05, 0.1) is 0 Å². The Hall–Kier alpha value is -2.63. The Bertz CT molecular complexity index is 695. The Morgan fingerprint density at radius 3 is 2.04 bits per heavy atom. The molecule has 0 aliphatic rings. The monoisotopic (exact) mass is 320 g/mol. The summed E-state index contributed by atoms with van der Waals surface area (Å²) >= 11 is 0. The van der Waals surface area contributed by atoms with Crippen molar-refractivity contribution >= 4 is 23.2 Å². The number of carbonyl (C=O) groups excluding carboxylic acids is 1. The van der Waals surface area contributed by atoms with Crippen molar-refractivity contribution in [3.63, 3.8) is 0 Å². The van der Waals surface area contributed by atoms with Crippen LogP contribution in [-0.4, -0.2) is 11.7 Å². The van der Waals surface area contributed by atoms with Gasteiger partial charge in [0, 0.05) is 23.1 Å². The molecule has 2 rings (SSSR count). The molecule has 0 bridgehead atoms.